The highest BCUT2D eigenvalue weighted by Crippen LogP contribution is 2.40. The second-order valence-electron chi connectivity index (χ2n) is 7.82. The second kappa shape index (κ2) is 7.02. The molecule has 1 N–H and O–H groups in total. The van der Waals surface area contributed by atoms with E-state index in [2.05, 4.69) is 16.0 Å². The summed E-state index contributed by atoms with van der Waals surface area (Å²) in [6.45, 7) is 6.40. The smallest absolute Gasteiger partial charge is 0.219 e. The van der Waals surface area contributed by atoms with Gasteiger partial charge in [-0.1, -0.05) is 6.07 Å². The number of aliphatic hydroxyl groups is 1. The van der Waals surface area contributed by atoms with Crippen molar-refractivity contribution >= 4 is 5.91 Å². The van der Waals surface area contributed by atoms with Crippen molar-refractivity contribution in [3.05, 3.63) is 30.1 Å². The maximum Gasteiger partial charge on any atom is 0.219 e. The number of carbonyl (C=O) groups excluding carboxylic acids is 1. The van der Waals surface area contributed by atoms with Crippen molar-refractivity contribution in [2.24, 2.45) is 0 Å². The first kappa shape index (κ1) is 18.3. The molecule has 6 nitrogen and oxygen atoms in total. The molecule has 2 atom stereocenters. The average Bonchev–Trinajstić information content (AvgIpc) is 2.60. The van der Waals surface area contributed by atoms with E-state index in [9.17, 15) is 9.90 Å². The van der Waals surface area contributed by atoms with E-state index in [1.807, 2.05) is 12.3 Å². The summed E-state index contributed by atoms with van der Waals surface area (Å²) in [5, 5.41) is 10.7. The van der Waals surface area contributed by atoms with Crippen molar-refractivity contribution in [3.63, 3.8) is 0 Å². The summed E-state index contributed by atoms with van der Waals surface area (Å²) in [7, 11) is 1.78. The highest BCUT2D eigenvalue weighted by Gasteiger charge is 2.50. The molecule has 0 bridgehead atoms. The van der Waals surface area contributed by atoms with Crippen molar-refractivity contribution in [1.29, 1.82) is 0 Å². The molecule has 1 aromatic heterocycles. The number of amides is 1. The third-order valence-electron chi connectivity index (χ3n) is 5.81. The number of likely N-dealkylation sites (N-methyl/N-ethyl adjacent to an activating group) is 1. The van der Waals surface area contributed by atoms with Gasteiger partial charge >= 0.3 is 0 Å². The van der Waals surface area contributed by atoms with E-state index >= 15 is 0 Å². The molecular weight excluding hydrogens is 318 g/mol. The van der Waals surface area contributed by atoms with Crippen LogP contribution >= 0.6 is 0 Å². The van der Waals surface area contributed by atoms with Crippen molar-refractivity contribution < 1.29 is 14.6 Å². The van der Waals surface area contributed by atoms with Crippen LogP contribution in [0.25, 0.3) is 0 Å². The van der Waals surface area contributed by atoms with Crippen LogP contribution in [-0.2, 0) is 16.1 Å². The molecule has 0 radical (unpaired) electrons. The van der Waals surface area contributed by atoms with Crippen molar-refractivity contribution in [3.8, 4) is 0 Å². The van der Waals surface area contributed by atoms with Crippen LogP contribution in [0, 0.1) is 0 Å². The topological polar surface area (TPSA) is 65.9 Å². The van der Waals surface area contributed by atoms with E-state index in [1.165, 1.54) is 5.56 Å². The Hall–Kier alpha value is -1.50. The molecule has 25 heavy (non-hydrogen) atoms. The van der Waals surface area contributed by atoms with Crippen molar-refractivity contribution in [1.82, 2.24) is 14.8 Å². The minimum Gasteiger partial charge on any atom is -0.386 e. The Morgan fingerprint density at radius 2 is 2.20 bits per heavy atom. The van der Waals surface area contributed by atoms with Crippen molar-refractivity contribution in [2.45, 2.75) is 56.9 Å². The fraction of sp³-hybridized carbons (Fsp3) is 0.684. The van der Waals surface area contributed by atoms with Gasteiger partial charge in [-0.15, -0.1) is 0 Å². The van der Waals surface area contributed by atoms with Gasteiger partial charge in [0.05, 0.1) is 18.2 Å². The van der Waals surface area contributed by atoms with E-state index < -0.39 is 5.60 Å². The van der Waals surface area contributed by atoms with Gasteiger partial charge in [0.1, 0.15) is 5.60 Å². The highest BCUT2D eigenvalue weighted by molar-refractivity contribution is 5.73. The molecule has 2 saturated heterocycles. The maximum absolute atomic E-state index is 11.8. The van der Waals surface area contributed by atoms with E-state index in [0.717, 1.165) is 32.5 Å². The average molecular weight is 347 g/mol. The quantitative estimate of drug-likeness (QED) is 0.896. The molecule has 2 aliphatic heterocycles. The predicted octanol–water partition coefficient (Wildman–Crippen LogP) is 1.43. The highest BCUT2D eigenvalue weighted by atomic mass is 16.5. The van der Waals surface area contributed by atoms with Crippen LogP contribution in [0.1, 0.15) is 38.7 Å². The van der Waals surface area contributed by atoms with Crippen LogP contribution in [-0.4, -0.2) is 69.8 Å². The molecule has 1 amide bonds. The fourth-order valence-corrected chi connectivity index (χ4v) is 4.02. The van der Waals surface area contributed by atoms with Crippen molar-refractivity contribution in [2.75, 3.05) is 26.7 Å². The van der Waals surface area contributed by atoms with Gasteiger partial charge in [-0.3, -0.25) is 14.7 Å². The standard InChI is InChI=1S/C19H29N3O3/c1-15(23)21(3)17-11-19(25-14-18(17,2)24)6-9-22(10-7-19)13-16-5-4-8-20-12-16/h4-5,8,12,17,24H,6-7,9-11,13-14H2,1-3H3/t17-,18-/m0/s1. The SMILES string of the molecule is CC(=O)N(C)[C@H]1CC2(CCN(Cc3cccnc3)CC2)OC[C@]1(C)O. The lowest BCUT2D eigenvalue weighted by Gasteiger charge is -2.52. The number of rotatable bonds is 3. The van der Waals surface area contributed by atoms with Gasteiger partial charge in [0.15, 0.2) is 0 Å². The summed E-state index contributed by atoms with van der Waals surface area (Å²) in [6, 6.07) is 3.86. The Bertz CT molecular complexity index is 597. The predicted molar refractivity (Wildman–Crippen MR) is 94.9 cm³/mol. The molecule has 138 valence electrons. The number of carbonyl (C=O) groups is 1. The molecule has 1 spiro atoms. The maximum atomic E-state index is 11.8. The lowest BCUT2D eigenvalue weighted by atomic mass is 9.77. The molecule has 2 aliphatic rings. The Kier molecular flexibility index (Phi) is 5.14. The Morgan fingerprint density at radius 1 is 1.48 bits per heavy atom. The van der Waals surface area contributed by atoms with Gasteiger partial charge in [-0.05, 0) is 37.8 Å². The third-order valence-corrected chi connectivity index (χ3v) is 5.81. The van der Waals surface area contributed by atoms with E-state index in [4.69, 9.17) is 4.74 Å². The number of nitrogens with zero attached hydrogens (tertiary/aromatic N) is 3. The molecule has 0 saturated carbocycles. The van der Waals surface area contributed by atoms with Gasteiger partial charge in [0.2, 0.25) is 5.91 Å². The van der Waals surface area contributed by atoms with Crippen LogP contribution < -0.4 is 0 Å². The van der Waals surface area contributed by atoms with Gasteiger partial charge in [0.25, 0.3) is 0 Å². The number of pyridine rings is 1. The summed E-state index contributed by atoms with van der Waals surface area (Å²) >= 11 is 0. The van der Waals surface area contributed by atoms with Crippen LogP contribution in [0.5, 0.6) is 0 Å². The summed E-state index contributed by atoms with van der Waals surface area (Å²) < 4.78 is 6.15. The van der Waals surface area contributed by atoms with Gasteiger partial charge < -0.3 is 14.7 Å². The second-order valence-corrected chi connectivity index (χ2v) is 7.82. The zero-order valence-electron chi connectivity index (χ0n) is 15.4. The molecule has 3 heterocycles. The summed E-state index contributed by atoms with van der Waals surface area (Å²) in [5.41, 5.74) is -0.0132. The Morgan fingerprint density at radius 3 is 2.80 bits per heavy atom. The Balaban J connectivity index is 1.63. The Labute approximate surface area is 149 Å². The minimum atomic E-state index is -1.00. The largest absolute Gasteiger partial charge is 0.386 e. The van der Waals surface area contributed by atoms with Crippen LogP contribution in [0.15, 0.2) is 24.5 Å². The number of likely N-dealkylation sites (tertiary alicyclic amines) is 1. The first-order valence-electron chi connectivity index (χ1n) is 9.02. The first-order chi connectivity index (χ1) is 11.8. The number of aromatic nitrogens is 1. The normalized spacial score (nSPS) is 29.5. The minimum absolute atomic E-state index is 0.0173. The van der Waals surface area contributed by atoms with Gasteiger partial charge in [-0.25, -0.2) is 0 Å². The lowest BCUT2D eigenvalue weighted by Crippen LogP contribution is -2.63. The zero-order valence-corrected chi connectivity index (χ0v) is 15.4. The molecular formula is C19H29N3O3. The monoisotopic (exact) mass is 347 g/mol. The number of hydrogen-bond acceptors (Lipinski definition) is 5. The lowest BCUT2D eigenvalue weighted by molar-refractivity contribution is -0.209. The van der Waals surface area contributed by atoms with Gasteiger partial charge in [0, 0.05) is 46.0 Å². The molecule has 0 unspecified atom stereocenters. The molecule has 6 heteroatoms. The zero-order chi connectivity index (χ0) is 18.1. The van der Waals surface area contributed by atoms with Crippen LogP contribution in [0.2, 0.25) is 0 Å². The number of ether oxygens (including phenoxy) is 1. The van der Waals surface area contributed by atoms with E-state index in [0.29, 0.717) is 6.42 Å². The van der Waals surface area contributed by atoms with Gasteiger partial charge in [-0.2, -0.15) is 0 Å². The molecule has 0 aromatic carbocycles. The van der Waals surface area contributed by atoms with Crippen LogP contribution in [0.3, 0.4) is 0 Å². The number of piperidine rings is 1. The third kappa shape index (κ3) is 4.02. The fourth-order valence-electron chi connectivity index (χ4n) is 4.02. The molecule has 1 aromatic rings. The number of hydrogen-bond donors (Lipinski definition) is 1. The molecule has 3 rings (SSSR count). The summed E-state index contributed by atoms with van der Waals surface area (Å²) in [6.07, 6.45) is 6.24. The van der Waals surface area contributed by atoms with Crippen LogP contribution in [0.4, 0.5) is 0 Å². The molecule has 2 fully saturated rings. The van der Waals surface area contributed by atoms with E-state index in [-0.39, 0.29) is 24.2 Å². The molecule has 0 aliphatic carbocycles. The summed E-state index contributed by atoms with van der Waals surface area (Å²) in [5.74, 6) is -0.0173. The van der Waals surface area contributed by atoms with E-state index in [1.54, 1.807) is 32.0 Å². The summed E-state index contributed by atoms with van der Waals surface area (Å²) in [4.78, 5) is 20.1. The first-order valence-corrected chi connectivity index (χ1v) is 9.02.